The number of hydrogen-bond acceptors (Lipinski definition) is 3. The summed E-state index contributed by atoms with van der Waals surface area (Å²) >= 11 is 19.2. The summed E-state index contributed by atoms with van der Waals surface area (Å²) in [6.45, 7) is 12.9. The van der Waals surface area contributed by atoms with E-state index >= 15 is 0 Å². The lowest BCUT2D eigenvalue weighted by Gasteiger charge is -2.30. The third-order valence-corrected chi connectivity index (χ3v) is 6.18. The van der Waals surface area contributed by atoms with E-state index in [0.717, 1.165) is 54.8 Å². The molecule has 156 valence electrons. The zero-order chi connectivity index (χ0) is 21.1. The number of hydrogen-bond donors (Lipinski definition) is 1. The van der Waals surface area contributed by atoms with Gasteiger partial charge in [-0.25, -0.2) is 4.98 Å². The standard InChI is InChI=1S/C22H27Cl3N4/c1-5-16(24)20-21(14(4)18(6-2)26-7-3)29-12-8-11-28(22(29)27-20)19-10-9-15(23)13-17(19)25/h5,9-10,13,18,26H,1,6-8,11-12H2,2-4H3/b20-16-,21-14-. The van der Waals surface area contributed by atoms with Crippen molar-refractivity contribution in [1.29, 1.82) is 0 Å². The van der Waals surface area contributed by atoms with Gasteiger partial charge in [0.2, 0.25) is 5.95 Å². The lowest BCUT2D eigenvalue weighted by atomic mass is 10.1. The molecule has 0 fully saturated rings. The van der Waals surface area contributed by atoms with Crippen LogP contribution in [0.15, 0.2) is 30.9 Å². The summed E-state index contributed by atoms with van der Waals surface area (Å²) in [5.74, 6) is 0.844. The third kappa shape index (κ3) is 4.36. The fourth-order valence-electron chi connectivity index (χ4n) is 3.95. The van der Waals surface area contributed by atoms with E-state index in [9.17, 15) is 0 Å². The average Bonchev–Trinajstić information content (AvgIpc) is 3.11. The summed E-state index contributed by atoms with van der Waals surface area (Å²) < 4.78 is 2.25. The Bertz CT molecular complexity index is 1030. The number of nitrogens with one attached hydrogen (secondary N) is 1. The summed E-state index contributed by atoms with van der Waals surface area (Å²) in [4.78, 5) is 7.09. The molecule has 7 heteroatoms. The van der Waals surface area contributed by atoms with Gasteiger partial charge in [-0.15, -0.1) is 0 Å². The number of halogens is 3. The minimum Gasteiger partial charge on any atom is -0.310 e. The molecular formula is C22H27Cl3N4. The number of nitrogens with zero attached hydrogens (tertiary/aromatic N) is 3. The molecule has 1 aromatic carbocycles. The zero-order valence-electron chi connectivity index (χ0n) is 17.1. The molecule has 1 aromatic heterocycles. The lowest BCUT2D eigenvalue weighted by Crippen LogP contribution is -2.41. The predicted octanol–water partition coefficient (Wildman–Crippen LogP) is 4.82. The lowest BCUT2D eigenvalue weighted by molar-refractivity contribution is 0.568. The first-order valence-electron chi connectivity index (χ1n) is 9.98. The van der Waals surface area contributed by atoms with Gasteiger partial charge in [-0.05, 0) is 56.2 Å². The number of benzene rings is 1. The van der Waals surface area contributed by atoms with E-state index in [4.69, 9.17) is 39.8 Å². The van der Waals surface area contributed by atoms with Crippen molar-refractivity contribution in [2.45, 2.75) is 46.2 Å². The Labute approximate surface area is 187 Å². The molecule has 0 radical (unpaired) electrons. The summed E-state index contributed by atoms with van der Waals surface area (Å²) in [7, 11) is 0. The van der Waals surface area contributed by atoms with Crippen molar-refractivity contribution in [3.8, 4) is 0 Å². The molecule has 2 aromatic rings. The molecular weight excluding hydrogens is 427 g/mol. The van der Waals surface area contributed by atoms with Crippen LogP contribution in [-0.2, 0) is 6.54 Å². The highest BCUT2D eigenvalue weighted by atomic mass is 35.5. The molecule has 0 saturated heterocycles. The number of allylic oxidation sites excluding steroid dienone is 1. The Morgan fingerprint density at radius 1 is 1.31 bits per heavy atom. The van der Waals surface area contributed by atoms with E-state index in [1.165, 1.54) is 5.57 Å². The van der Waals surface area contributed by atoms with Crippen molar-refractivity contribution in [1.82, 2.24) is 14.9 Å². The van der Waals surface area contributed by atoms with Crippen LogP contribution in [0.4, 0.5) is 11.6 Å². The van der Waals surface area contributed by atoms with Gasteiger partial charge >= 0.3 is 0 Å². The highest BCUT2D eigenvalue weighted by Crippen LogP contribution is 2.34. The largest absolute Gasteiger partial charge is 0.310 e. The molecule has 1 atom stereocenters. The topological polar surface area (TPSA) is 33.1 Å². The molecule has 0 spiro atoms. The van der Waals surface area contributed by atoms with Crippen LogP contribution < -0.4 is 20.9 Å². The van der Waals surface area contributed by atoms with E-state index in [0.29, 0.717) is 15.1 Å². The van der Waals surface area contributed by atoms with Crippen LogP contribution in [0.5, 0.6) is 0 Å². The molecule has 3 rings (SSSR count). The van der Waals surface area contributed by atoms with Crippen LogP contribution in [0.2, 0.25) is 10.0 Å². The van der Waals surface area contributed by atoms with Crippen LogP contribution in [0.3, 0.4) is 0 Å². The summed E-state index contributed by atoms with van der Waals surface area (Å²) in [6.07, 6.45) is 3.62. The van der Waals surface area contributed by atoms with Crippen LogP contribution >= 0.6 is 34.8 Å². The Kier molecular flexibility index (Phi) is 7.33. The van der Waals surface area contributed by atoms with Crippen molar-refractivity contribution in [3.05, 3.63) is 51.6 Å². The molecule has 29 heavy (non-hydrogen) atoms. The Morgan fingerprint density at radius 3 is 2.69 bits per heavy atom. The first kappa shape index (κ1) is 22.2. The monoisotopic (exact) mass is 452 g/mol. The number of imidazole rings is 1. The van der Waals surface area contributed by atoms with Gasteiger partial charge in [0.15, 0.2) is 0 Å². The second-order valence-electron chi connectivity index (χ2n) is 7.12. The third-order valence-electron chi connectivity index (χ3n) is 5.31. The Morgan fingerprint density at radius 2 is 2.07 bits per heavy atom. The zero-order valence-corrected chi connectivity index (χ0v) is 19.4. The minimum absolute atomic E-state index is 0.253. The van der Waals surface area contributed by atoms with Crippen LogP contribution in [0, 0.1) is 0 Å². The van der Waals surface area contributed by atoms with E-state index < -0.39 is 0 Å². The van der Waals surface area contributed by atoms with Gasteiger partial charge in [-0.2, -0.15) is 0 Å². The first-order chi connectivity index (χ1) is 13.9. The second-order valence-corrected chi connectivity index (χ2v) is 8.37. The molecule has 0 saturated carbocycles. The molecule has 2 heterocycles. The number of anilines is 2. The molecule has 1 aliphatic heterocycles. The molecule has 0 amide bonds. The SMILES string of the molecule is C=C/C(Cl)=c1/nc2n(/c1=C(/C)C(CC)NCC)CCCN2c1ccc(Cl)cc1Cl. The number of fused-ring (bicyclic) bond motifs is 1. The fraction of sp³-hybridized carbons (Fsp3) is 0.409. The molecule has 1 unspecified atom stereocenters. The van der Waals surface area contributed by atoms with Gasteiger partial charge < -0.3 is 14.8 Å². The van der Waals surface area contributed by atoms with Crippen molar-refractivity contribution in [2.24, 2.45) is 0 Å². The van der Waals surface area contributed by atoms with E-state index in [1.54, 1.807) is 12.1 Å². The highest BCUT2D eigenvalue weighted by Gasteiger charge is 2.25. The normalized spacial score (nSPS) is 17.0. The quantitative estimate of drug-likeness (QED) is 0.680. The minimum atomic E-state index is 0.253. The summed E-state index contributed by atoms with van der Waals surface area (Å²) in [6, 6.07) is 5.81. The maximum Gasteiger partial charge on any atom is 0.211 e. The maximum atomic E-state index is 6.56. The van der Waals surface area contributed by atoms with Gasteiger partial charge in [-0.1, -0.05) is 55.2 Å². The summed E-state index contributed by atoms with van der Waals surface area (Å²) in [5, 5.41) is 7.17. The molecule has 1 aliphatic rings. The second kappa shape index (κ2) is 9.57. The van der Waals surface area contributed by atoms with Crippen molar-refractivity contribution in [3.63, 3.8) is 0 Å². The number of aromatic nitrogens is 2. The molecule has 4 nitrogen and oxygen atoms in total. The van der Waals surface area contributed by atoms with Crippen LogP contribution in [0.1, 0.15) is 33.6 Å². The Balaban J connectivity index is 2.31. The van der Waals surface area contributed by atoms with E-state index in [-0.39, 0.29) is 6.04 Å². The fourth-order valence-corrected chi connectivity index (χ4v) is 4.59. The first-order valence-corrected chi connectivity index (χ1v) is 11.1. The summed E-state index contributed by atoms with van der Waals surface area (Å²) in [5.41, 5.74) is 2.12. The Hall–Kier alpha value is -1.46. The van der Waals surface area contributed by atoms with E-state index in [2.05, 4.69) is 42.1 Å². The molecule has 1 N–H and O–H groups in total. The number of rotatable bonds is 6. The van der Waals surface area contributed by atoms with Gasteiger partial charge in [0.25, 0.3) is 0 Å². The molecule has 0 aliphatic carbocycles. The molecule has 0 bridgehead atoms. The van der Waals surface area contributed by atoms with Gasteiger partial charge in [0, 0.05) is 24.2 Å². The van der Waals surface area contributed by atoms with Gasteiger partial charge in [0.1, 0.15) is 5.35 Å². The maximum absolute atomic E-state index is 6.56. The van der Waals surface area contributed by atoms with Crippen molar-refractivity contribution < 1.29 is 0 Å². The van der Waals surface area contributed by atoms with Crippen LogP contribution in [0.25, 0.3) is 10.6 Å². The predicted molar refractivity (Wildman–Crippen MR) is 126 cm³/mol. The van der Waals surface area contributed by atoms with Gasteiger partial charge in [0.05, 0.1) is 21.1 Å². The van der Waals surface area contributed by atoms with Crippen molar-refractivity contribution in [2.75, 3.05) is 18.0 Å². The van der Waals surface area contributed by atoms with Crippen molar-refractivity contribution >= 4 is 57.0 Å². The highest BCUT2D eigenvalue weighted by molar-refractivity contribution is 6.47. The van der Waals surface area contributed by atoms with Crippen LogP contribution in [-0.4, -0.2) is 28.7 Å². The van der Waals surface area contributed by atoms with E-state index in [1.807, 2.05) is 12.1 Å². The van der Waals surface area contributed by atoms with Gasteiger partial charge in [-0.3, -0.25) is 0 Å². The average molecular weight is 454 g/mol. The smallest absolute Gasteiger partial charge is 0.211 e.